The lowest BCUT2D eigenvalue weighted by molar-refractivity contribution is -0.118. The van der Waals surface area contributed by atoms with Gasteiger partial charge in [-0.3, -0.25) is 4.79 Å². The lowest BCUT2D eigenvalue weighted by Gasteiger charge is -2.11. The molecule has 1 aromatic carbocycles. The summed E-state index contributed by atoms with van der Waals surface area (Å²) >= 11 is 7.41. The average molecular weight is 380 g/mol. The van der Waals surface area contributed by atoms with Gasteiger partial charge < -0.3 is 5.32 Å². The third-order valence-corrected chi connectivity index (χ3v) is 5.53. The number of halogens is 1. The summed E-state index contributed by atoms with van der Waals surface area (Å²) in [5.41, 5.74) is 1.16. The number of nitrogens with one attached hydrogen (secondary N) is 1. The molecular weight excluding hydrogens is 358 g/mol. The van der Waals surface area contributed by atoms with Crippen LogP contribution in [-0.2, 0) is 17.0 Å². The van der Waals surface area contributed by atoms with Crippen LogP contribution in [0.25, 0.3) is 0 Å². The normalized spacial score (nSPS) is 14.8. The van der Waals surface area contributed by atoms with Crippen LogP contribution < -0.4 is 5.32 Å². The lowest BCUT2D eigenvalue weighted by atomic mass is 10.1. The first-order chi connectivity index (χ1) is 12.2. The van der Waals surface area contributed by atoms with Gasteiger partial charge >= 0.3 is 0 Å². The number of carbonyl (C=O) groups excluding carboxylic acids is 1. The van der Waals surface area contributed by atoms with Gasteiger partial charge in [0, 0.05) is 11.6 Å². The van der Waals surface area contributed by atoms with Crippen LogP contribution in [0, 0.1) is 0 Å². The molecule has 1 amide bonds. The van der Waals surface area contributed by atoms with E-state index in [1.165, 1.54) is 12.8 Å². The molecule has 1 aliphatic carbocycles. The second-order valence-electron chi connectivity index (χ2n) is 6.20. The zero-order valence-corrected chi connectivity index (χ0v) is 15.6. The van der Waals surface area contributed by atoms with Gasteiger partial charge in [0.25, 0.3) is 0 Å². The summed E-state index contributed by atoms with van der Waals surface area (Å²) in [5, 5.41) is 15.7. The Labute approximate surface area is 156 Å². The minimum absolute atomic E-state index is 0.0406. The first-order valence-electron chi connectivity index (χ1n) is 8.58. The summed E-state index contributed by atoms with van der Waals surface area (Å²) in [6.45, 7) is 0.626. The zero-order valence-electron chi connectivity index (χ0n) is 14.0. The van der Waals surface area contributed by atoms with Gasteiger partial charge in [-0.1, -0.05) is 36.6 Å². The Hall–Kier alpha value is -1.60. The largest absolute Gasteiger partial charge is 0.355 e. The van der Waals surface area contributed by atoms with Crippen molar-refractivity contribution >= 4 is 29.3 Å². The first kappa shape index (κ1) is 18.2. The zero-order chi connectivity index (χ0) is 17.5. The second-order valence-corrected chi connectivity index (χ2v) is 7.62. The highest BCUT2D eigenvalue weighted by molar-refractivity contribution is 7.99. The van der Waals surface area contributed by atoms with Gasteiger partial charge in [-0.25, -0.2) is 4.68 Å². The summed E-state index contributed by atoms with van der Waals surface area (Å²) in [6, 6.07) is 8.11. The third-order valence-electron chi connectivity index (χ3n) is 4.34. The number of nitrogens with zero attached hydrogens (tertiary/aromatic N) is 4. The molecule has 6 nitrogen and oxygen atoms in total. The summed E-state index contributed by atoms with van der Waals surface area (Å²) in [7, 11) is 0. The molecule has 1 heterocycles. The number of tetrazole rings is 1. The molecule has 1 N–H and O–H groups in total. The van der Waals surface area contributed by atoms with Crippen LogP contribution in [0.15, 0.2) is 24.3 Å². The summed E-state index contributed by atoms with van der Waals surface area (Å²) in [5.74, 6) is 1.98. The molecule has 1 saturated carbocycles. The van der Waals surface area contributed by atoms with Crippen molar-refractivity contribution in [3.05, 3.63) is 40.7 Å². The van der Waals surface area contributed by atoms with Gasteiger partial charge in [-0.05, 0) is 47.4 Å². The first-order valence-corrected chi connectivity index (χ1v) is 10.1. The molecule has 0 atom stereocenters. The van der Waals surface area contributed by atoms with E-state index >= 15 is 0 Å². The lowest BCUT2D eigenvalue weighted by Crippen LogP contribution is -2.27. The molecule has 3 rings (SSSR count). The minimum Gasteiger partial charge on any atom is -0.355 e. The molecule has 2 aromatic rings. The van der Waals surface area contributed by atoms with Gasteiger partial charge in [0.05, 0.1) is 17.5 Å². The predicted octanol–water partition coefficient (Wildman–Crippen LogP) is 3.03. The van der Waals surface area contributed by atoms with E-state index in [1.807, 2.05) is 28.9 Å². The number of carbonyl (C=O) groups is 1. The Morgan fingerprint density at radius 3 is 2.80 bits per heavy atom. The van der Waals surface area contributed by atoms with Gasteiger partial charge in [0.2, 0.25) is 5.91 Å². The standard InChI is InChI=1S/C17H22ClN5OS/c18-14-7-5-13(6-8-14)9-10-19-17(24)12-25-11-16-20-21-22-23(16)15-3-1-2-4-15/h5-8,15H,1-4,9-12H2,(H,19,24). The van der Waals surface area contributed by atoms with Crippen molar-refractivity contribution in [1.29, 1.82) is 0 Å². The van der Waals surface area contributed by atoms with Crippen molar-refractivity contribution in [2.24, 2.45) is 0 Å². The Morgan fingerprint density at radius 1 is 1.28 bits per heavy atom. The van der Waals surface area contributed by atoms with Crippen molar-refractivity contribution in [3.63, 3.8) is 0 Å². The van der Waals surface area contributed by atoms with E-state index < -0.39 is 0 Å². The van der Waals surface area contributed by atoms with E-state index in [9.17, 15) is 4.79 Å². The highest BCUT2D eigenvalue weighted by atomic mass is 35.5. The Bertz CT molecular complexity index is 685. The van der Waals surface area contributed by atoms with Gasteiger partial charge in [-0.2, -0.15) is 0 Å². The fourth-order valence-electron chi connectivity index (χ4n) is 3.02. The smallest absolute Gasteiger partial charge is 0.230 e. The van der Waals surface area contributed by atoms with Gasteiger partial charge in [0.1, 0.15) is 0 Å². The van der Waals surface area contributed by atoms with Crippen molar-refractivity contribution in [3.8, 4) is 0 Å². The van der Waals surface area contributed by atoms with Crippen LogP contribution in [0.4, 0.5) is 0 Å². The monoisotopic (exact) mass is 379 g/mol. The number of benzene rings is 1. The van der Waals surface area contributed by atoms with Crippen molar-refractivity contribution in [1.82, 2.24) is 25.5 Å². The quantitative estimate of drug-likeness (QED) is 0.763. The average Bonchev–Trinajstić information content (AvgIpc) is 3.27. The van der Waals surface area contributed by atoms with E-state index in [2.05, 4.69) is 20.8 Å². The van der Waals surface area contributed by atoms with E-state index in [0.29, 0.717) is 24.1 Å². The molecule has 134 valence electrons. The molecule has 1 aromatic heterocycles. The Balaban J connectivity index is 1.35. The fourth-order valence-corrected chi connectivity index (χ4v) is 3.91. The van der Waals surface area contributed by atoms with Crippen LogP contribution >= 0.6 is 23.4 Å². The highest BCUT2D eigenvalue weighted by Crippen LogP contribution is 2.29. The van der Waals surface area contributed by atoms with E-state index in [1.54, 1.807) is 11.8 Å². The number of hydrogen-bond acceptors (Lipinski definition) is 5. The SMILES string of the molecule is O=C(CSCc1nnnn1C1CCCC1)NCCc1ccc(Cl)cc1. The van der Waals surface area contributed by atoms with Crippen LogP contribution in [0.1, 0.15) is 43.1 Å². The molecule has 8 heteroatoms. The van der Waals surface area contributed by atoms with E-state index in [-0.39, 0.29) is 5.91 Å². The van der Waals surface area contributed by atoms with Crippen LogP contribution in [0.2, 0.25) is 5.02 Å². The summed E-state index contributed by atoms with van der Waals surface area (Å²) < 4.78 is 1.94. The summed E-state index contributed by atoms with van der Waals surface area (Å²) in [4.78, 5) is 11.9. The number of aromatic nitrogens is 4. The molecule has 1 aliphatic rings. The fraction of sp³-hybridized carbons (Fsp3) is 0.529. The third kappa shape index (κ3) is 5.44. The second kappa shape index (κ2) is 9.20. The van der Waals surface area contributed by atoms with Gasteiger partial charge in [-0.15, -0.1) is 16.9 Å². The molecular formula is C17H22ClN5OS. The molecule has 25 heavy (non-hydrogen) atoms. The number of thioether (sulfide) groups is 1. The highest BCUT2D eigenvalue weighted by Gasteiger charge is 2.21. The van der Waals surface area contributed by atoms with Crippen molar-refractivity contribution in [2.75, 3.05) is 12.3 Å². The number of amides is 1. The predicted molar refractivity (Wildman–Crippen MR) is 99.6 cm³/mol. The minimum atomic E-state index is 0.0406. The van der Waals surface area contributed by atoms with Crippen molar-refractivity contribution in [2.45, 2.75) is 43.9 Å². The van der Waals surface area contributed by atoms with Gasteiger partial charge in [0.15, 0.2) is 5.82 Å². The van der Waals surface area contributed by atoms with E-state index in [0.717, 1.165) is 35.7 Å². The molecule has 0 aliphatic heterocycles. The number of rotatable bonds is 8. The molecule has 0 radical (unpaired) electrons. The maximum absolute atomic E-state index is 11.9. The maximum atomic E-state index is 11.9. The molecule has 0 saturated heterocycles. The molecule has 0 unspecified atom stereocenters. The summed E-state index contributed by atoms with van der Waals surface area (Å²) in [6.07, 6.45) is 5.58. The van der Waals surface area contributed by atoms with E-state index in [4.69, 9.17) is 11.6 Å². The molecule has 1 fully saturated rings. The Kier molecular flexibility index (Phi) is 6.69. The Morgan fingerprint density at radius 2 is 2.04 bits per heavy atom. The van der Waals surface area contributed by atoms with Crippen LogP contribution in [0.3, 0.4) is 0 Å². The maximum Gasteiger partial charge on any atom is 0.230 e. The number of hydrogen-bond donors (Lipinski definition) is 1. The topological polar surface area (TPSA) is 72.7 Å². The molecule has 0 bridgehead atoms. The van der Waals surface area contributed by atoms with Crippen LogP contribution in [-0.4, -0.2) is 38.4 Å². The molecule has 0 spiro atoms. The van der Waals surface area contributed by atoms with Crippen LogP contribution in [0.5, 0.6) is 0 Å². The van der Waals surface area contributed by atoms with Crippen molar-refractivity contribution < 1.29 is 4.79 Å².